The van der Waals surface area contributed by atoms with Crippen molar-refractivity contribution in [2.45, 2.75) is 0 Å². The minimum Gasteiger partial charge on any atom is -0.452 e. The third-order valence-corrected chi connectivity index (χ3v) is 2.83. The van der Waals surface area contributed by atoms with E-state index in [1.165, 1.54) is 37.2 Å². The molecule has 10 nitrogen and oxygen atoms in total. The lowest BCUT2D eigenvalue weighted by molar-refractivity contribution is -0.384. The lowest BCUT2D eigenvalue weighted by atomic mass is 10.3. The second kappa shape index (κ2) is 5.68. The summed E-state index contributed by atoms with van der Waals surface area (Å²) >= 11 is 0. The highest BCUT2D eigenvalue weighted by atomic mass is 16.6. The van der Waals surface area contributed by atoms with E-state index in [2.05, 4.69) is 15.1 Å². The van der Waals surface area contributed by atoms with Crippen LogP contribution in [0, 0.1) is 10.1 Å². The van der Waals surface area contributed by atoms with E-state index in [0.29, 0.717) is 5.52 Å². The highest BCUT2D eigenvalue weighted by Gasteiger charge is 2.22. The van der Waals surface area contributed by atoms with Gasteiger partial charge in [0.25, 0.3) is 11.6 Å². The van der Waals surface area contributed by atoms with Crippen LogP contribution >= 0.6 is 0 Å². The predicted octanol–water partition coefficient (Wildman–Crippen LogP) is 0.956. The average Bonchev–Trinajstić information content (AvgIpc) is 2.83. The van der Waals surface area contributed by atoms with Crippen LogP contribution in [0.15, 0.2) is 18.2 Å². The standard InChI is InChI=1S/C12H13N5O5/c1-15(2)11(18)10-13-8-5-4-7(17(20)21)6-9(8)16(10)14-12(19)22-3/h4-6H,1-3H3,(H,14,19). The average molecular weight is 307 g/mol. The van der Waals surface area contributed by atoms with Crippen molar-refractivity contribution in [1.82, 2.24) is 14.6 Å². The van der Waals surface area contributed by atoms with E-state index in [1.807, 2.05) is 0 Å². The summed E-state index contributed by atoms with van der Waals surface area (Å²) in [6.45, 7) is 0. The minimum absolute atomic E-state index is 0.0918. The molecule has 0 aliphatic carbocycles. The zero-order valence-electron chi connectivity index (χ0n) is 12.1. The molecule has 0 saturated carbocycles. The Morgan fingerprint density at radius 1 is 1.41 bits per heavy atom. The van der Waals surface area contributed by atoms with Crippen molar-refractivity contribution >= 4 is 28.7 Å². The zero-order valence-corrected chi connectivity index (χ0v) is 12.1. The van der Waals surface area contributed by atoms with E-state index in [1.54, 1.807) is 0 Å². The van der Waals surface area contributed by atoms with Crippen LogP contribution in [0.25, 0.3) is 11.0 Å². The van der Waals surface area contributed by atoms with Gasteiger partial charge in [0.2, 0.25) is 5.82 Å². The number of nitro benzene ring substituents is 1. The lowest BCUT2D eigenvalue weighted by Crippen LogP contribution is -2.31. The zero-order chi connectivity index (χ0) is 16.4. The number of rotatable bonds is 3. The Morgan fingerprint density at radius 2 is 2.09 bits per heavy atom. The largest absolute Gasteiger partial charge is 0.452 e. The first-order valence-electron chi connectivity index (χ1n) is 6.08. The number of nitro groups is 1. The summed E-state index contributed by atoms with van der Waals surface area (Å²) in [5.74, 6) is -0.568. The van der Waals surface area contributed by atoms with Gasteiger partial charge in [0, 0.05) is 26.2 Å². The molecule has 1 N–H and O–H groups in total. The smallest absolute Gasteiger partial charge is 0.426 e. The molecule has 0 aliphatic rings. The Hall–Kier alpha value is -3.17. The van der Waals surface area contributed by atoms with Gasteiger partial charge in [0.05, 0.1) is 23.1 Å². The first-order chi connectivity index (χ1) is 10.3. The Bertz CT molecular complexity index is 767. The normalized spacial score (nSPS) is 10.3. The maximum Gasteiger partial charge on any atom is 0.426 e. The van der Waals surface area contributed by atoms with E-state index >= 15 is 0 Å². The molecule has 1 aromatic heterocycles. The van der Waals surface area contributed by atoms with Crippen LogP contribution < -0.4 is 5.43 Å². The number of nitrogens with one attached hydrogen (secondary N) is 1. The SMILES string of the molecule is COC(=O)Nn1c(C(=O)N(C)C)nc2ccc([N+](=O)[O-])cc21. The maximum atomic E-state index is 12.1. The van der Waals surface area contributed by atoms with Crippen molar-refractivity contribution in [3.8, 4) is 0 Å². The summed E-state index contributed by atoms with van der Waals surface area (Å²) in [5.41, 5.74) is 2.66. The minimum atomic E-state index is -0.835. The van der Waals surface area contributed by atoms with Gasteiger partial charge in [-0.25, -0.2) is 19.9 Å². The summed E-state index contributed by atoms with van der Waals surface area (Å²) in [4.78, 5) is 39.2. The van der Waals surface area contributed by atoms with Crippen LogP contribution in [0.5, 0.6) is 0 Å². The fraction of sp³-hybridized carbons (Fsp3) is 0.250. The number of imidazole rings is 1. The third kappa shape index (κ3) is 2.66. The lowest BCUT2D eigenvalue weighted by Gasteiger charge is -2.12. The number of aromatic nitrogens is 2. The summed E-state index contributed by atoms with van der Waals surface area (Å²) < 4.78 is 5.55. The van der Waals surface area contributed by atoms with E-state index in [9.17, 15) is 19.7 Å². The van der Waals surface area contributed by atoms with Gasteiger partial charge in [-0.2, -0.15) is 0 Å². The topological polar surface area (TPSA) is 120 Å². The quantitative estimate of drug-likeness (QED) is 0.666. The van der Waals surface area contributed by atoms with Crippen molar-refractivity contribution in [1.29, 1.82) is 0 Å². The van der Waals surface area contributed by atoms with Gasteiger partial charge in [0.1, 0.15) is 0 Å². The Morgan fingerprint density at radius 3 is 2.64 bits per heavy atom. The van der Waals surface area contributed by atoms with Crippen molar-refractivity contribution in [2.24, 2.45) is 0 Å². The molecular formula is C12H13N5O5. The van der Waals surface area contributed by atoms with Gasteiger partial charge in [-0.15, -0.1) is 0 Å². The van der Waals surface area contributed by atoms with Crippen molar-refractivity contribution in [3.05, 3.63) is 34.1 Å². The second-order valence-electron chi connectivity index (χ2n) is 4.50. The van der Waals surface area contributed by atoms with Gasteiger partial charge in [-0.05, 0) is 6.07 Å². The first-order valence-corrected chi connectivity index (χ1v) is 6.08. The molecule has 2 aromatic rings. The molecule has 0 unspecified atom stereocenters. The number of carbonyl (C=O) groups is 2. The molecule has 0 fully saturated rings. The molecule has 10 heteroatoms. The number of nitrogens with zero attached hydrogens (tertiary/aromatic N) is 4. The van der Waals surface area contributed by atoms with E-state index in [4.69, 9.17) is 0 Å². The number of carbonyl (C=O) groups excluding carboxylic acids is 2. The number of amides is 2. The van der Waals surface area contributed by atoms with Crippen LogP contribution in [0.1, 0.15) is 10.6 Å². The summed E-state index contributed by atoms with van der Waals surface area (Å²) in [5, 5.41) is 10.9. The number of methoxy groups -OCH3 is 1. The molecule has 2 rings (SSSR count). The van der Waals surface area contributed by atoms with Crippen LogP contribution in [0.3, 0.4) is 0 Å². The molecular weight excluding hydrogens is 294 g/mol. The molecule has 1 aromatic carbocycles. The molecule has 0 bridgehead atoms. The van der Waals surface area contributed by atoms with Gasteiger partial charge in [-0.1, -0.05) is 0 Å². The molecule has 0 spiro atoms. The number of non-ortho nitro benzene ring substituents is 1. The molecule has 2 amide bonds. The fourth-order valence-electron chi connectivity index (χ4n) is 1.77. The van der Waals surface area contributed by atoms with Crippen LogP contribution in [0.4, 0.5) is 10.5 Å². The van der Waals surface area contributed by atoms with Gasteiger partial charge in [-0.3, -0.25) is 14.9 Å². The number of benzene rings is 1. The van der Waals surface area contributed by atoms with E-state index in [-0.39, 0.29) is 17.0 Å². The summed E-state index contributed by atoms with van der Waals surface area (Å²) in [6, 6.07) is 3.88. The Balaban J connectivity index is 2.67. The number of ether oxygens (including phenoxy) is 1. The maximum absolute atomic E-state index is 12.1. The van der Waals surface area contributed by atoms with Crippen molar-refractivity contribution in [2.75, 3.05) is 26.6 Å². The summed E-state index contributed by atoms with van der Waals surface area (Å²) in [6.07, 6.45) is -0.835. The monoisotopic (exact) mass is 307 g/mol. The molecule has 1 heterocycles. The van der Waals surface area contributed by atoms with E-state index < -0.39 is 16.9 Å². The molecule has 0 atom stereocenters. The summed E-state index contributed by atoms with van der Waals surface area (Å²) in [7, 11) is 4.20. The highest BCUT2D eigenvalue weighted by Crippen LogP contribution is 2.21. The molecule has 0 saturated heterocycles. The third-order valence-electron chi connectivity index (χ3n) is 2.83. The number of hydrogen-bond acceptors (Lipinski definition) is 6. The van der Waals surface area contributed by atoms with Crippen LogP contribution in [-0.2, 0) is 4.74 Å². The molecule has 0 aliphatic heterocycles. The Kier molecular flexibility index (Phi) is 3.93. The molecule has 22 heavy (non-hydrogen) atoms. The van der Waals surface area contributed by atoms with Crippen molar-refractivity contribution < 1.29 is 19.2 Å². The first kappa shape index (κ1) is 15.2. The van der Waals surface area contributed by atoms with Crippen molar-refractivity contribution in [3.63, 3.8) is 0 Å². The predicted molar refractivity (Wildman–Crippen MR) is 76.2 cm³/mol. The Labute approximate surface area is 124 Å². The second-order valence-corrected chi connectivity index (χ2v) is 4.50. The molecule has 0 radical (unpaired) electrons. The highest BCUT2D eigenvalue weighted by molar-refractivity contribution is 5.96. The van der Waals surface area contributed by atoms with Gasteiger partial charge < -0.3 is 9.64 Å². The molecule has 116 valence electrons. The number of hydrogen-bond donors (Lipinski definition) is 1. The fourth-order valence-corrected chi connectivity index (χ4v) is 1.77. The van der Waals surface area contributed by atoms with Crippen LogP contribution in [0.2, 0.25) is 0 Å². The number of fused-ring (bicyclic) bond motifs is 1. The van der Waals surface area contributed by atoms with Crippen LogP contribution in [-0.4, -0.2) is 52.7 Å². The van der Waals surface area contributed by atoms with E-state index in [0.717, 1.165) is 11.8 Å². The van der Waals surface area contributed by atoms with Gasteiger partial charge >= 0.3 is 6.09 Å². The van der Waals surface area contributed by atoms with Gasteiger partial charge in [0.15, 0.2) is 0 Å².